The average molecular weight is 555 g/mol. The number of fused-ring (bicyclic) bond motifs is 10. The quantitative estimate of drug-likeness (QED) is 0.318. The molecule has 1 aliphatic heterocycles. The summed E-state index contributed by atoms with van der Waals surface area (Å²) in [5.74, 6) is 1.34. The highest BCUT2D eigenvalue weighted by molar-refractivity contribution is 6.26. The van der Waals surface area contributed by atoms with Crippen LogP contribution in [0.25, 0.3) is 43.7 Å². The monoisotopic (exact) mass is 554 g/mol. The van der Waals surface area contributed by atoms with Gasteiger partial charge in [-0.15, -0.1) is 0 Å². The van der Waals surface area contributed by atoms with Gasteiger partial charge in [-0.05, 0) is 49.1 Å². The lowest BCUT2D eigenvalue weighted by Crippen LogP contribution is -2.49. The first-order valence-corrected chi connectivity index (χ1v) is 14.8. The second-order valence-corrected chi connectivity index (χ2v) is 12.0. The topological polar surface area (TPSA) is 91.5 Å². The van der Waals surface area contributed by atoms with Crippen molar-refractivity contribution in [3.63, 3.8) is 0 Å². The molecule has 5 aromatic rings. The molecule has 3 aromatic heterocycles. The Labute approximate surface area is 239 Å². The van der Waals surface area contributed by atoms with Gasteiger partial charge in [-0.3, -0.25) is 9.48 Å². The van der Waals surface area contributed by atoms with Crippen LogP contribution < -0.4 is 4.74 Å². The van der Waals surface area contributed by atoms with Crippen molar-refractivity contribution >= 4 is 38.5 Å². The number of aromatic amines is 1. The number of aromatic hydroxyl groups is 1. The summed E-state index contributed by atoms with van der Waals surface area (Å²) >= 11 is 0. The van der Waals surface area contributed by atoms with Crippen molar-refractivity contribution in [2.45, 2.75) is 40.2 Å². The molecular formula is C32H38N6O3. The Kier molecular flexibility index (Phi) is 6.23. The minimum absolute atomic E-state index is 0.0296. The van der Waals surface area contributed by atoms with E-state index in [4.69, 9.17) is 9.84 Å². The predicted molar refractivity (Wildman–Crippen MR) is 162 cm³/mol. The molecule has 9 nitrogen and oxygen atoms in total. The van der Waals surface area contributed by atoms with Crippen LogP contribution in [0.2, 0.25) is 0 Å². The van der Waals surface area contributed by atoms with Crippen LogP contribution in [-0.2, 0) is 31.2 Å². The van der Waals surface area contributed by atoms with E-state index in [0.717, 1.165) is 96.0 Å². The van der Waals surface area contributed by atoms with E-state index in [1.807, 2.05) is 28.9 Å². The van der Waals surface area contributed by atoms with Crippen LogP contribution in [0.5, 0.6) is 11.6 Å². The highest BCUT2D eigenvalue weighted by atomic mass is 16.5. The number of carbonyl (C=O) groups excluding carboxylic acids is 1. The molecule has 41 heavy (non-hydrogen) atoms. The van der Waals surface area contributed by atoms with E-state index in [0.29, 0.717) is 11.7 Å². The highest BCUT2D eigenvalue weighted by Gasteiger charge is 2.30. The van der Waals surface area contributed by atoms with Crippen molar-refractivity contribution < 1.29 is 14.6 Å². The maximum Gasteiger partial charge on any atom is 0.260 e. The van der Waals surface area contributed by atoms with E-state index < -0.39 is 0 Å². The number of rotatable bonds is 6. The van der Waals surface area contributed by atoms with E-state index in [9.17, 15) is 9.90 Å². The van der Waals surface area contributed by atoms with Gasteiger partial charge in [-0.1, -0.05) is 20.8 Å². The zero-order chi connectivity index (χ0) is 28.4. The van der Waals surface area contributed by atoms with Crippen molar-refractivity contribution in [2.24, 2.45) is 13.0 Å². The van der Waals surface area contributed by atoms with E-state index >= 15 is 0 Å². The molecule has 4 heterocycles. The maximum absolute atomic E-state index is 12.9. The number of carbonyl (C=O) groups is 1. The van der Waals surface area contributed by atoms with Crippen LogP contribution in [0, 0.1) is 5.92 Å². The van der Waals surface area contributed by atoms with Crippen LogP contribution in [0.3, 0.4) is 0 Å². The van der Waals surface area contributed by atoms with Crippen molar-refractivity contribution in [1.29, 1.82) is 0 Å². The Hall–Kier alpha value is -3.98. The maximum atomic E-state index is 12.9. The Morgan fingerprint density at radius 1 is 1.12 bits per heavy atom. The summed E-state index contributed by atoms with van der Waals surface area (Å²) in [7, 11) is 1.96. The van der Waals surface area contributed by atoms with Gasteiger partial charge in [0, 0.05) is 85.0 Å². The number of likely N-dealkylation sites (N-methyl/N-ethyl adjacent to an activating group) is 1. The summed E-state index contributed by atoms with van der Waals surface area (Å²) in [4.78, 5) is 20.3. The molecule has 2 aromatic carbocycles. The Morgan fingerprint density at radius 3 is 2.68 bits per heavy atom. The second kappa shape index (κ2) is 9.83. The van der Waals surface area contributed by atoms with Gasteiger partial charge in [0.15, 0.2) is 12.5 Å². The van der Waals surface area contributed by atoms with Crippen LogP contribution in [0.4, 0.5) is 0 Å². The molecule has 1 fully saturated rings. The molecule has 7 rings (SSSR count). The summed E-state index contributed by atoms with van der Waals surface area (Å²) < 4.78 is 10.4. The van der Waals surface area contributed by atoms with E-state index in [1.54, 1.807) is 0 Å². The molecule has 1 aliphatic carbocycles. The van der Waals surface area contributed by atoms with Gasteiger partial charge in [0.05, 0.1) is 16.6 Å². The Bertz CT molecular complexity index is 1800. The first-order valence-electron chi connectivity index (χ1n) is 14.8. The number of amides is 1. The zero-order valence-electron chi connectivity index (χ0n) is 24.3. The molecule has 0 unspecified atom stereocenters. The van der Waals surface area contributed by atoms with E-state index in [2.05, 4.69) is 53.6 Å². The van der Waals surface area contributed by atoms with Crippen LogP contribution >= 0.6 is 0 Å². The molecule has 0 saturated carbocycles. The van der Waals surface area contributed by atoms with Gasteiger partial charge in [0.25, 0.3) is 5.91 Å². The number of H-pyrrole nitrogens is 1. The molecule has 0 spiro atoms. The Morgan fingerprint density at radius 2 is 1.93 bits per heavy atom. The summed E-state index contributed by atoms with van der Waals surface area (Å²) in [6.07, 6.45) is 5.71. The molecule has 1 saturated heterocycles. The number of ether oxygens (including phenoxy) is 1. The highest BCUT2D eigenvalue weighted by Crippen LogP contribution is 2.49. The van der Waals surface area contributed by atoms with Crippen LogP contribution in [-0.4, -0.2) is 79.5 Å². The fourth-order valence-corrected chi connectivity index (χ4v) is 6.96. The van der Waals surface area contributed by atoms with Gasteiger partial charge in [-0.25, -0.2) is 0 Å². The minimum atomic E-state index is 0.0296. The van der Waals surface area contributed by atoms with Crippen molar-refractivity contribution in [1.82, 2.24) is 29.1 Å². The predicted octanol–water partition coefficient (Wildman–Crippen LogP) is 4.68. The molecular weight excluding hydrogens is 516 g/mol. The van der Waals surface area contributed by atoms with Gasteiger partial charge in [0.1, 0.15) is 5.75 Å². The van der Waals surface area contributed by atoms with Gasteiger partial charge in [0.2, 0.25) is 0 Å². The van der Waals surface area contributed by atoms with Gasteiger partial charge in [-0.2, -0.15) is 5.10 Å². The number of aromatic nitrogens is 4. The molecule has 214 valence electrons. The molecule has 9 heteroatoms. The first-order chi connectivity index (χ1) is 19.8. The molecule has 0 radical (unpaired) electrons. The fraction of sp³-hybridized carbons (Fsp3) is 0.438. The number of hydrogen-bond acceptors (Lipinski definition) is 5. The summed E-state index contributed by atoms with van der Waals surface area (Å²) in [6, 6.07) is 6.18. The molecule has 0 atom stereocenters. The van der Waals surface area contributed by atoms with Crippen molar-refractivity contribution in [3.8, 4) is 22.8 Å². The van der Waals surface area contributed by atoms with E-state index in [1.165, 1.54) is 11.1 Å². The number of benzene rings is 2. The lowest BCUT2D eigenvalue weighted by Gasteiger charge is -2.33. The van der Waals surface area contributed by atoms with Crippen LogP contribution in [0.1, 0.15) is 32.0 Å². The number of nitrogens with zero attached hydrogens (tertiary/aromatic N) is 5. The average Bonchev–Trinajstić information content (AvgIpc) is 3.64. The SMILES string of the molecule is CCN1CCN(C(=O)COc2ccc3c(c2)c2c4c[nH]c(O)c4c4c(c2n3CC(C)C)CCc2nn(C)cc2-4)CC1. The largest absolute Gasteiger partial charge is 0.494 e. The minimum Gasteiger partial charge on any atom is -0.494 e. The van der Waals surface area contributed by atoms with Gasteiger partial charge >= 0.3 is 0 Å². The van der Waals surface area contributed by atoms with Gasteiger partial charge < -0.3 is 29.2 Å². The molecule has 1 amide bonds. The molecule has 2 aliphatic rings. The summed E-state index contributed by atoms with van der Waals surface area (Å²) in [6.45, 7) is 11.9. The molecule has 2 N–H and O–H groups in total. The second-order valence-electron chi connectivity index (χ2n) is 12.0. The fourth-order valence-electron chi connectivity index (χ4n) is 6.96. The van der Waals surface area contributed by atoms with Crippen molar-refractivity contribution in [3.05, 3.63) is 41.9 Å². The third kappa shape index (κ3) is 4.17. The third-order valence-electron chi connectivity index (χ3n) is 8.87. The lowest BCUT2D eigenvalue weighted by molar-refractivity contribution is -0.135. The Balaban J connectivity index is 1.36. The number of nitrogens with one attached hydrogen (secondary N) is 1. The number of aryl methyl sites for hydroxylation is 3. The number of hydrogen-bond donors (Lipinski definition) is 2. The number of piperazine rings is 1. The third-order valence-corrected chi connectivity index (χ3v) is 8.87. The summed E-state index contributed by atoms with van der Waals surface area (Å²) in [5, 5.41) is 19.8. The normalized spacial score (nSPS) is 15.8. The van der Waals surface area contributed by atoms with Crippen molar-refractivity contribution in [2.75, 3.05) is 39.3 Å². The smallest absolute Gasteiger partial charge is 0.260 e. The lowest BCUT2D eigenvalue weighted by atomic mass is 9.85. The standard InChI is InChI=1S/C32H38N6O3/c1-5-36-10-12-37(13-11-36)27(39)18-41-20-6-9-26-22(14-20)29-23-15-33-32(40)30(23)28-21(31(29)38(26)16-19(2)3)7-8-25-24(28)17-35(4)34-25/h6,9,14-15,17,19,33,40H,5,7-8,10-13,16,18H2,1-4H3. The molecule has 0 bridgehead atoms. The van der Waals surface area contributed by atoms with E-state index in [-0.39, 0.29) is 18.4 Å². The summed E-state index contributed by atoms with van der Waals surface area (Å²) in [5.41, 5.74) is 6.85. The first kappa shape index (κ1) is 26.0. The zero-order valence-corrected chi connectivity index (χ0v) is 24.3. The van der Waals surface area contributed by atoms with Crippen LogP contribution in [0.15, 0.2) is 30.6 Å².